The Balaban J connectivity index is 4.52. The van der Waals surface area contributed by atoms with Gasteiger partial charge in [0.15, 0.2) is 6.10 Å². The minimum atomic E-state index is -0.811. The Morgan fingerprint density at radius 3 is 1.05 bits per heavy atom. The van der Waals surface area contributed by atoms with Crippen molar-refractivity contribution >= 4 is 17.9 Å². The number of esters is 3. The monoisotopic (exact) mass is 889 g/mol. The maximum Gasteiger partial charge on any atom is 0.306 e. The first-order valence-corrected chi connectivity index (χ1v) is 26.2. The lowest BCUT2D eigenvalue weighted by molar-refractivity contribution is -0.167. The van der Waals surface area contributed by atoms with Gasteiger partial charge < -0.3 is 14.2 Å². The normalized spacial score (nSPS) is 12.9. The maximum atomic E-state index is 12.8. The van der Waals surface area contributed by atoms with Crippen molar-refractivity contribution in [3.05, 3.63) is 97.2 Å². The van der Waals surface area contributed by atoms with Gasteiger partial charge in [-0.1, -0.05) is 214 Å². The van der Waals surface area contributed by atoms with E-state index in [-0.39, 0.29) is 44.0 Å². The second kappa shape index (κ2) is 52.0. The van der Waals surface area contributed by atoms with Crippen LogP contribution in [0.4, 0.5) is 0 Å². The van der Waals surface area contributed by atoms with Crippen molar-refractivity contribution in [1.29, 1.82) is 0 Å². The van der Waals surface area contributed by atoms with Crippen molar-refractivity contribution in [2.24, 2.45) is 0 Å². The van der Waals surface area contributed by atoms with Crippen LogP contribution in [0.15, 0.2) is 97.2 Å². The number of carbonyl (C=O) groups is 3. The molecular formula is C58H96O6. The van der Waals surface area contributed by atoms with Gasteiger partial charge >= 0.3 is 17.9 Å². The van der Waals surface area contributed by atoms with E-state index in [1.54, 1.807) is 0 Å². The molecule has 0 aliphatic rings. The molecule has 0 saturated carbocycles. The first-order valence-electron chi connectivity index (χ1n) is 26.2. The molecule has 0 aliphatic carbocycles. The Morgan fingerprint density at radius 2 is 0.625 bits per heavy atom. The number of rotatable bonds is 46. The van der Waals surface area contributed by atoms with Crippen LogP contribution in [0, 0.1) is 0 Å². The summed E-state index contributed by atoms with van der Waals surface area (Å²) in [6.45, 7) is 6.42. The van der Waals surface area contributed by atoms with Crippen LogP contribution in [0.25, 0.3) is 0 Å². The lowest BCUT2D eigenvalue weighted by atomic mass is 10.0. The number of carbonyl (C=O) groups excluding carboxylic acids is 3. The Bertz CT molecular complexity index is 1300. The van der Waals surface area contributed by atoms with Gasteiger partial charge in [0.2, 0.25) is 0 Å². The van der Waals surface area contributed by atoms with Crippen molar-refractivity contribution in [3.8, 4) is 0 Å². The molecule has 0 aliphatic heterocycles. The van der Waals surface area contributed by atoms with E-state index >= 15 is 0 Å². The standard InChI is InChI=1S/C58H96O6/c1-4-7-10-13-16-19-22-25-27-29-31-33-36-39-42-45-48-51-57(60)63-54-55(53-62-56(59)50-47-44-41-38-35-24-21-18-15-12-9-6-3)64-58(61)52-49-46-43-40-37-34-32-30-28-26-23-20-17-14-11-8-5-2/h7,10,16-17,19-20,25-28,31-34,39,42,55H,4-6,8-9,11-15,18,21-24,29-30,35-38,40-41,43-54H2,1-3H3/b10-7-,19-16-,20-17-,27-25-,28-26-,33-31-,34-32-,42-39-/t55-/m0/s1. The van der Waals surface area contributed by atoms with Crippen LogP contribution in [-0.2, 0) is 28.6 Å². The summed E-state index contributed by atoms with van der Waals surface area (Å²) in [5, 5.41) is 0. The Kier molecular flexibility index (Phi) is 49.0. The third kappa shape index (κ3) is 49.3. The molecular weight excluding hydrogens is 793 g/mol. The van der Waals surface area contributed by atoms with Gasteiger partial charge in [-0.25, -0.2) is 0 Å². The number of allylic oxidation sites excluding steroid dienone is 16. The van der Waals surface area contributed by atoms with Gasteiger partial charge in [0.25, 0.3) is 0 Å². The van der Waals surface area contributed by atoms with E-state index in [9.17, 15) is 14.4 Å². The summed E-state index contributed by atoms with van der Waals surface area (Å²) in [6.07, 6.45) is 68.2. The van der Waals surface area contributed by atoms with E-state index in [1.165, 1.54) is 83.5 Å². The summed E-state index contributed by atoms with van der Waals surface area (Å²) in [7, 11) is 0. The average molecular weight is 889 g/mol. The third-order valence-electron chi connectivity index (χ3n) is 10.8. The smallest absolute Gasteiger partial charge is 0.306 e. The van der Waals surface area contributed by atoms with Gasteiger partial charge in [-0.3, -0.25) is 14.4 Å². The van der Waals surface area contributed by atoms with Crippen LogP contribution in [-0.4, -0.2) is 37.2 Å². The summed E-state index contributed by atoms with van der Waals surface area (Å²) in [6, 6.07) is 0. The van der Waals surface area contributed by atoms with Gasteiger partial charge in [-0.15, -0.1) is 0 Å². The Morgan fingerprint density at radius 1 is 0.328 bits per heavy atom. The number of hydrogen-bond acceptors (Lipinski definition) is 6. The molecule has 0 radical (unpaired) electrons. The third-order valence-corrected chi connectivity index (χ3v) is 10.8. The Labute approximate surface area is 394 Å². The molecule has 6 nitrogen and oxygen atoms in total. The number of ether oxygens (including phenoxy) is 3. The first-order chi connectivity index (χ1) is 31.5. The van der Waals surface area contributed by atoms with E-state index in [0.717, 1.165) is 103 Å². The van der Waals surface area contributed by atoms with Crippen LogP contribution >= 0.6 is 0 Å². The molecule has 364 valence electrons. The van der Waals surface area contributed by atoms with Gasteiger partial charge in [-0.2, -0.15) is 0 Å². The predicted molar refractivity (Wildman–Crippen MR) is 274 cm³/mol. The largest absolute Gasteiger partial charge is 0.462 e. The van der Waals surface area contributed by atoms with Crippen LogP contribution in [0.5, 0.6) is 0 Å². The molecule has 0 aromatic rings. The molecule has 64 heavy (non-hydrogen) atoms. The lowest BCUT2D eigenvalue weighted by Gasteiger charge is -2.18. The van der Waals surface area contributed by atoms with Crippen molar-refractivity contribution in [3.63, 3.8) is 0 Å². The zero-order valence-electron chi connectivity index (χ0n) is 41.5. The Hall–Kier alpha value is -3.67. The molecule has 0 aromatic heterocycles. The summed E-state index contributed by atoms with van der Waals surface area (Å²) in [5.74, 6) is -0.988. The molecule has 0 heterocycles. The highest BCUT2D eigenvalue weighted by Gasteiger charge is 2.19. The zero-order valence-corrected chi connectivity index (χ0v) is 41.5. The highest BCUT2D eigenvalue weighted by Crippen LogP contribution is 2.14. The van der Waals surface area contributed by atoms with Crippen LogP contribution in [0.2, 0.25) is 0 Å². The molecule has 0 N–H and O–H groups in total. The fourth-order valence-electron chi connectivity index (χ4n) is 6.90. The summed E-state index contributed by atoms with van der Waals surface area (Å²) in [5.41, 5.74) is 0. The molecule has 0 unspecified atom stereocenters. The zero-order chi connectivity index (χ0) is 46.5. The van der Waals surface area contributed by atoms with E-state index < -0.39 is 6.10 Å². The van der Waals surface area contributed by atoms with Crippen LogP contribution in [0.3, 0.4) is 0 Å². The quantitative estimate of drug-likeness (QED) is 0.0262. The van der Waals surface area contributed by atoms with Gasteiger partial charge in [-0.05, 0) is 96.3 Å². The first kappa shape index (κ1) is 60.3. The molecule has 6 heteroatoms. The number of hydrogen-bond donors (Lipinski definition) is 0. The molecule has 0 fully saturated rings. The predicted octanol–water partition coefficient (Wildman–Crippen LogP) is 17.4. The lowest BCUT2D eigenvalue weighted by Crippen LogP contribution is -2.30. The summed E-state index contributed by atoms with van der Waals surface area (Å²) >= 11 is 0. The minimum Gasteiger partial charge on any atom is -0.462 e. The van der Waals surface area contributed by atoms with Crippen molar-refractivity contribution < 1.29 is 28.6 Å². The molecule has 0 rings (SSSR count). The number of unbranched alkanes of at least 4 members (excludes halogenated alkanes) is 19. The van der Waals surface area contributed by atoms with Gasteiger partial charge in [0.05, 0.1) is 0 Å². The molecule has 0 bridgehead atoms. The van der Waals surface area contributed by atoms with E-state index in [2.05, 4.69) is 118 Å². The molecule has 0 spiro atoms. The van der Waals surface area contributed by atoms with Crippen LogP contribution < -0.4 is 0 Å². The molecule has 0 aromatic carbocycles. The fourth-order valence-corrected chi connectivity index (χ4v) is 6.90. The highest BCUT2D eigenvalue weighted by molar-refractivity contribution is 5.71. The van der Waals surface area contributed by atoms with Crippen molar-refractivity contribution in [2.45, 2.75) is 239 Å². The second-order valence-corrected chi connectivity index (χ2v) is 17.1. The molecule has 0 amide bonds. The van der Waals surface area contributed by atoms with Crippen molar-refractivity contribution in [1.82, 2.24) is 0 Å². The minimum absolute atomic E-state index is 0.104. The van der Waals surface area contributed by atoms with Gasteiger partial charge in [0.1, 0.15) is 13.2 Å². The summed E-state index contributed by atoms with van der Waals surface area (Å²) < 4.78 is 16.7. The fraction of sp³-hybridized carbons (Fsp3) is 0.672. The highest BCUT2D eigenvalue weighted by atomic mass is 16.6. The summed E-state index contributed by atoms with van der Waals surface area (Å²) in [4.78, 5) is 38.0. The van der Waals surface area contributed by atoms with Crippen molar-refractivity contribution in [2.75, 3.05) is 13.2 Å². The van der Waals surface area contributed by atoms with E-state index in [4.69, 9.17) is 14.2 Å². The average Bonchev–Trinajstić information content (AvgIpc) is 3.29. The van der Waals surface area contributed by atoms with E-state index in [1.807, 2.05) is 0 Å². The molecule has 1 atom stereocenters. The van der Waals surface area contributed by atoms with E-state index in [0.29, 0.717) is 12.8 Å². The maximum absolute atomic E-state index is 12.8. The van der Waals surface area contributed by atoms with Crippen LogP contribution in [0.1, 0.15) is 233 Å². The molecule has 0 saturated heterocycles. The van der Waals surface area contributed by atoms with Gasteiger partial charge in [0, 0.05) is 19.3 Å². The topological polar surface area (TPSA) is 78.9 Å². The SMILES string of the molecule is CC/C=C\C/C=C\C/C=C\C/C=C\C/C=C\CCCC(=O)OC[C@H](COC(=O)CCCCCCCCCCCCCC)OC(=O)CCCCCC/C=C\C/C=C\C/C=C\CCCCC. The second-order valence-electron chi connectivity index (χ2n) is 17.1.